The summed E-state index contributed by atoms with van der Waals surface area (Å²) in [5.41, 5.74) is 4.97. The minimum absolute atomic E-state index is 0.110. The minimum Gasteiger partial charge on any atom is -0.388 e. The second kappa shape index (κ2) is 6.67. The summed E-state index contributed by atoms with van der Waals surface area (Å²) < 4.78 is 35.1. The molecule has 0 unspecified atom stereocenters. The van der Waals surface area contributed by atoms with Gasteiger partial charge in [0.2, 0.25) is 0 Å². The number of nitrogens with one attached hydrogen (secondary N) is 1. The van der Waals surface area contributed by atoms with E-state index in [0.29, 0.717) is 6.61 Å². The van der Waals surface area contributed by atoms with Crippen molar-refractivity contribution in [3.05, 3.63) is 0 Å². The molecule has 0 aliphatic rings. The van der Waals surface area contributed by atoms with Gasteiger partial charge in [-0.15, -0.1) is 0 Å². The lowest BCUT2D eigenvalue weighted by Gasteiger charge is -2.15. The summed E-state index contributed by atoms with van der Waals surface area (Å²) in [6.07, 6.45) is -0.560. The first-order valence-corrected chi connectivity index (χ1v) is 4.25. The first-order chi connectivity index (χ1) is 6.48. The van der Waals surface area contributed by atoms with E-state index in [1.54, 1.807) is 0 Å². The zero-order valence-electron chi connectivity index (χ0n) is 8.19. The van der Waals surface area contributed by atoms with Gasteiger partial charge < -0.3 is 15.2 Å². The second-order valence-electron chi connectivity index (χ2n) is 2.93. The molecule has 0 fully saturated rings. The van der Waals surface area contributed by atoms with Crippen LogP contribution < -0.4 is 5.73 Å². The monoisotopic (exact) mass is 210 g/mol. The van der Waals surface area contributed by atoms with Gasteiger partial charge in [0.25, 0.3) is 5.92 Å². The van der Waals surface area contributed by atoms with E-state index in [2.05, 4.69) is 9.47 Å². The zero-order valence-corrected chi connectivity index (χ0v) is 8.19. The van der Waals surface area contributed by atoms with Crippen LogP contribution >= 0.6 is 0 Å². The number of amidine groups is 1. The molecule has 0 aromatic heterocycles. The summed E-state index contributed by atoms with van der Waals surface area (Å²) in [5, 5.41) is 6.80. The molecule has 0 radical (unpaired) electrons. The normalized spacial score (nSPS) is 11.6. The summed E-state index contributed by atoms with van der Waals surface area (Å²) in [7, 11) is 1.47. The van der Waals surface area contributed by atoms with E-state index in [1.165, 1.54) is 7.11 Å². The fraction of sp³-hybridized carbons (Fsp3) is 0.875. The molecule has 6 heteroatoms. The molecule has 0 aromatic carbocycles. The number of hydrogen-bond donors (Lipinski definition) is 2. The fourth-order valence-electron chi connectivity index (χ4n) is 0.753. The summed E-state index contributed by atoms with van der Waals surface area (Å²) in [6.45, 7) is -0.210. The van der Waals surface area contributed by atoms with Crippen molar-refractivity contribution in [1.82, 2.24) is 0 Å². The van der Waals surface area contributed by atoms with Crippen LogP contribution in [0.3, 0.4) is 0 Å². The lowest BCUT2D eigenvalue weighted by Crippen LogP contribution is -2.26. The third-order valence-corrected chi connectivity index (χ3v) is 1.51. The average molecular weight is 210 g/mol. The van der Waals surface area contributed by atoms with E-state index in [-0.39, 0.29) is 18.9 Å². The van der Waals surface area contributed by atoms with Crippen LogP contribution in [0.5, 0.6) is 0 Å². The fourth-order valence-corrected chi connectivity index (χ4v) is 0.753. The Hall–Kier alpha value is -0.750. The summed E-state index contributed by atoms with van der Waals surface area (Å²) in [6, 6.07) is 0. The summed E-state index contributed by atoms with van der Waals surface area (Å²) in [4.78, 5) is 0. The first kappa shape index (κ1) is 13.2. The Kier molecular flexibility index (Phi) is 6.31. The van der Waals surface area contributed by atoms with Gasteiger partial charge in [0, 0.05) is 20.0 Å². The summed E-state index contributed by atoms with van der Waals surface area (Å²) in [5.74, 6) is -3.15. The Morgan fingerprint density at radius 1 is 1.43 bits per heavy atom. The molecule has 0 saturated heterocycles. The van der Waals surface area contributed by atoms with Crippen molar-refractivity contribution in [3.63, 3.8) is 0 Å². The van der Waals surface area contributed by atoms with E-state index < -0.39 is 19.0 Å². The van der Waals surface area contributed by atoms with Crippen molar-refractivity contribution in [1.29, 1.82) is 5.41 Å². The zero-order chi connectivity index (χ0) is 11.0. The molecule has 0 atom stereocenters. The molecule has 0 spiro atoms. The minimum atomic E-state index is -2.92. The van der Waals surface area contributed by atoms with Crippen molar-refractivity contribution in [3.8, 4) is 0 Å². The SMILES string of the molecule is COCCOCC(F)(F)CCC(=N)N. The van der Waals surface area contributed by atoms with Crippen LogP contribution in [-0.4, -0.2) is 38.7 Å². The van der Waals surface area contributed by atoms with Gasteiger partial charge in [-0.3, -0.25) is 5.41 Å². The van der Waals surface area contributed by atoms with Crippen LogP contribution in [0.25, 0.3) is 0 Å². The van der Waals surface area contributed by atoms with Crippen molar-refractivity contribution in [2.24, 2.45) is 5.73 Å². The Balaban J connectivity index is 3.55. The lowest BCUT2D eigenvalue weighted by molar-refractivity contribution is -0.0868. The first-order valence-electron chi connectivity index (χ1n) is 4.25. The number of hydrogen-bond acceptors (Lipinski definition) is 3. The van der Waals surface area contributed by atoms with Gasteiger partial charge in [-0.2, -0.15) is 0 Å². The molecule has 0 aromatic rings. The highest BCUT2D eigenvalue weighted by atomic mass is 19.3. The van der Waals surface area contributed by atoms with Crippen molar-refractivity contribution in [2.45, 2.75) is 18.8 Å². The Labute approximate surface area is 81.9 Å². The maximum absolute atomic E-state index is 12.9. The number of methoxy groups -OCH3 is 1. The molecule has 84 valence electrons. The highest BCUT2D eigenvalue weighted by Gasteiger charge is 2.28. The van der Waals surface area contributed by atoms with Crippen LogP contribution in [-0.2, 0) is 9.47 Å². The van der Waals surface area contributed by atoms with Gasteiger partial charge in [0.05, 0.1) is 19.0 Å². The summed E-state index contributed by atoms with van der Waals surface area (Å²) >= 11 is 0. The molecule has 14 heavy (non-hydrogen) atoms. The Morgan fingerprint density at radius 3 is 2.57 bits per heavy atom. The number of rotatable bonds is 8. The molecular formula is C8H16F2N2O2. The molecule has 4 nitrogen and oxygen atoms in total. The average Bonchev–Trinajstić information content (AvgIpc) is 2.10. The maximum Gasteiger partial charge on any atom is 0.271 e. The second-order valence-corrected chi connectivity index (χ2v) is 2.93. The van der Waals surface area contributed by atoms with Gasteiger partial charge >= 0.3 is 0 Å². The molecule has 0 aliphatic heterocycles. The molecule has 0 bridgehead atoms. The number of alkyl halides is 2. The van der Waals surface area contributed by atoms with Crippen molar-refractivity contribution < 1.29 is 18.3 Å². The van der Waals surface area contributed by atoms with Crippen LogP contribution in [0.1, 0.15) is 12.8 Å². The van der Waals surface area contributed by atoms with Crippen LogP contribution in [0.15, 0.2) is 0 Å². The van der Waals surface area contributed by atoms with Gasteiger partial charge in [-0.1, -0.05) is 0 Å². The molecule has 0 saturated carbocycles. The van der Waals surface area contributed by atoms with Gasteiger partial charge in [-0.05, 0) is 0 Å². The van der Waals surface area contributed by atoms with Crippen LogP contribution in [0.2, 0.25) is 0 Å². The predicted molar refractivity (Wildman–Crippen MR) is 48.8 cm³/mol. The predicted octanol–water partition coefficient (Wildman–Crippen LogP) is 1.00. The third-order valence-electron chi connectivity index (χ3n) is 1.51. The smallest absolute Gasteiger partial charge is 0.271 e. The molecule has 0 amide bonds. The van der Waals surface area contributed by atoms with E-state index >= 15 is 0 Å². The highest BCUT2D eigenvalue weighted by Crippen LogP contribution is 2.20. The van der Waals surface area contributed by atoms with E-state index in [4.69, 9.17) is 11.1 Å². The van der Waals surface area contributed by atoms with Gasteiger partial charge in [0.15, 0.2) is 0 Å². The quantitative estimate of drug-likeness (QED) is 0.357. The van der Waals surface area contributed by atoms with Gasteiger partial charge in [0.1, 0.15) is 6.61 Å². The number of ether oxygens (including phenoxy) is 2. The van der Waals surface area contributed by atoms with Crippen LogP contribution in [0.4, 0.5) is 8.78 Å². The topological polar surface area (TPSA) is 68.3 Å². The van der Waals surface area contributed by atoms with E-state index in [1.807, 2.05) is 0 Å². The standard InChI is InChI=1S/C8H16F2N2O2/c1-13-4-5-14-6-8(9,10)3-2-7(11)12/h2-6H2,1H3,(H3,11,12). The van der Waals surface area contributed by atoms with Gasteiger partial charge in [-0.25, -0.2) is 8.78 Å². The largest absolute Gasteiger partial charge is 0.388 e. The molecule has 0 heterocycles. The van der Waals surface area contributed by atoms with Crippen LogP contribution in [0, 0.1) is 5.41 Å². The van der Waals surface area contributed by atoms with E-state index in [0.717, 1.165) is 0 Å². The molecule has 3 N–H and O–H groups in total. The third kappa shape index (κ3) is 7.88. The number of halogens is 2. The number of nitrogens with two attached hydrogens (primary N) is 1. The molecule has 0 aliphatic carbocycles. The maximum atomic E-state index is 12.9. The lowest BCUT2D eigenvalue weighted by atomic mass is 10.2. The van der Waals surface area contributed by atoms with Crippen molar-refractivity contribution in [2.75, 3.05) is 26.9 Å². The van der Waals surface area contributed by atoms with E-state index in [9.17, 15) is 8.78 Å². The highest BCUT2D eigenvalue weighted by molar-refractivity contribution is 5.76. The molecule has 0 rings (SSSR count). The molecular weight excluding hydrogens is 194 g/mol. The Bertz CT molecular complexity index is 177. The Morgan fingerprint density at radius 2 is 2.07 bits per heavy atom. The van der Waals surface area contributed by atoms with Crippen molar-refractivity contribution >= 4 is 5.84 Å².